The van der Waals surface area contributed by atoms with Crippen molar-refractivity contribution < 1.29 is 4.74 Å². The lowest BCUT2D eigenvalue weighted by Gasteiger charge is -2.08. The summed E-state index contributed by atoms with van der Waals surface area (Å²) in [4.78, 5) is 12.9. The normalized spacial score (nSPS) is 11.8. The van der Waals surface area contributed by atoms with E-state index in [0.717, 1.165) is 27.8 Å². The van der Waals surface area contributed by atoms with E-state index in [1.54, 1.807) is 7.11 Å². The third-order valence-electron chi connectivity index (χ3n) is 4.46. The summed E-state index contributed by atoms with van der Waals surface area (Å²) in [6.45, 7) is 4.01. The molecule has 1 aromatic heterocycles. The summed E-state index contributed by atoms with van der Waals surface area (Å²) in [6, 6.07) is 21.4. The van der Waals surface area contributed by atoms with Crippen LogP contribution in [-0.4, -0.2) is 16.9 Å². The van der Waals surface area contributed by atoms with Crippen molar-refractivity contribution in [3.8, 4) is 11.4 Å². The molecule has 0 radical (unpaired) electrons. The summed E-state index contributed by atoms with van der Waals surface area (Å²) in [5.74, 6) is 0.718. The molecule has 0 amide bonds. The fourth-order valence-corrected chi connectivity index (χ4v) is 3.15. The molecule has 128 valence electrons. The number of para-hydroxylation sites is 1. The number of nitrogens with one attached hydrogen (secondary N) is 1. The van der Waals surface area contributed by atoms with Gasteiger partial charge < -0.3 is 4.74 Å². The van der Waals surface area contributed by atoms with E-state index in [4.69, 9.17) is 4.74 Å². The highest BCUT2D eigenvalue weighted by atomic mass is 16.5. The van der Waals surface area contributed by atoms with Gasteiger partial charge in [0.1, 0.15) is 5.75 Å². The molecule has 4 rings (SSSR count). The van der Waals surface area contributed by atoms with Crippen LogP contribution in [0.4, 0.5) is 0 Å². The van der Waals surface area contributed by atoms with Crippen LogP contribution in [-0.2, 0) is 0 Å². The van der Waals surface area contributed by atoms with Gasteiger partial charge in [-0.1, -0.05) is 55.1 Å². The first-order chi connectivity index (χ1) is 12.7. The number of nitrogens with zero attached hydrogens (tertiary/aromatic N) is 1. The molecule has 0 saturated carbocycles. The largest absolute Gasteiger partial charge is 0.496 e. The van der Waals surface area contributed by atoms with E-state index in [1.807, 2.05) is 72.8 Å². The Morgan fingerprint density at radius 1 is 1.00 bits per heavy atom. The molecule has 1 heterocycles. The van der Waals surface area contributed by atoms with E-state index < -0.39 is 0 Å². The van der Waals surface area contributed by atoms with Crippen LogP contribution in [0, 0.1) is 0 Å². The van der Waals surface area contributed by atoms with Crippen LogP contribution >= 0.6 is 0 Å². The summed E-state index contributed by atoms with van der Waals surface area (Å²) in [5, 5.41) is 6.25. The lowest BCUT2D eigenvalue weighted by molar-refractivity contribution is 0.414. The SMILES string of the molecule is C=c1[nH]n(-c2ccccc2)c(=O)/c1=C\c1c(OC)ccc2ccccc12. The van der Waals surface area contributed by atoms with Gasteiger partial charge in [0.2, 0.25) is 0 Å². The third kappa shape index (κ3) is 2.62. The average molecular weight is 342 g/mol. The zero-order valence-electron chi connectivity index (χ0n) is 14.4. The molecule has 0 fully saturated rings. The zero-order valence-corrected chi connectivity index (χ0v) is 14.4. The number of methoxy groups -OCH3 is 1. The van der Waals surface area contributed by atoms with Gasteiger partial charge in [0.25, 0.3) is 5.56 Å². The van der Waals surface area contributed by atoms with Gasteiger partial charge in [0.05, 0.1) is 23.4 Å². The predicted molar refractivity (Wildman–Crippen MR) is 105 cm³/mol. The molecule has 4 aromatic rings. The Balaban J connectivity index is 2.02. The monoisotopic (exact) mass is 342 g/mol. The van der Waals surface area contributed by atoms with E-state index in [-0.39, 0.29) is 5.56 Å². The minimum atomic E-state index is -0.142. The molecule has 0 unspecified atom stereocenters. The van der Waals surface area contributed by atoms with Gasteiger partial charge >= 0.3 is 0 Å². The molecule has 0 saturated heterocycles. The van der Waals surface area contributed by atoms with E-state index in [0.29, 0.717) is 10.6 Å². The maximum atomic E-state index is 12.9. The molecule has 4 nitrogen and oxygen atoms in total. The van der Waals surface area contributed by atoms with E-state index >= 15 is 0 Å². The minimum absolute atomic E-state index is 0.142. The van der Waals surface area contributed by atoms with Crippen molar-refractivity contribution >= 4 is 23.4 Å². The van der Waals surface area contributed by atoms with Crippen LogP contribution in [0.3, 0.4) is 0 Å². The second-order valence-corrected chi connectivity index (χ2v) is 6.03. The summed E-state index contributed by atoms with van der Waals surface area (Å²) in [5.41, 5.74) is 1.50. The first kappa shape index (κ1) is 16.0. The fourth-order valence-electron chi connectivity index (χ4n) is 3.15. The lowest BCUT2D eigenvalue weighted by Crippen LogP contribution is -2.34. The minimum Gasteiger partial charge on any atom is -0.496 e. The summed E-state index contributed by atoms with van der Waals surface area (Å²) in [7, 11) is 1.63. The Kier molecular flexibility index (Phi) is 3.93. The molecule has 0 aliphatic rings. The van der Waals surface area contributed by atoms with Gasteiger partial charge in [0, 0.05) is 5.56 Å². The van der Waals surface area contributed by atoms with Crippen molar-refractivity contribution in [2.75, 3.05) is 7.11 Å². The van der Waals surface area contributed by atoms with Crippen LogP contribution in [0.25, 0.3) is 29.1 Å². The first-order valence-electron chi connectivity index (χ1n) is 8.32. The highest BCUT2D eigenvalue weighted by molar-refractivity contribution is 5.93. The molecular weight excluding hydrogens is 324 g/mol. The molecule has 1 N–H and O–H groups in total. The predicted octanol–water partition coefficient (Wildman–Crippen LogP) is 2.57. The van der Waals surface area contributed by atoms with Crippen LogP contribution < -0.4 is 20.9 Å². The standard InChI is InChI=1S/C22H18N2O2/c1-15-19(22(25)24(23-15)17-9-4-3-5-10-17)14-20-18-11-7-6-8-16(18)12-13-21(20)26-2/h3-14,23H,1H2,2H3/b19-14-. The molecule has 4 heteroatoms. The van der Waals surface area contributed by atoms with Crippen molar-refractivity contribution in [2.45, 2.75) is 0 Å². The van der Waals surface area contributed by atoms with E-state index in [1.165, 1.54) is 4.68 Å². The molecule has 0 spiro atoms. The smallest absolute Gasteiger partial charge is 0.279 e. The molecule has 3 aromatic carbocycles. The highest BCUT2D eigenvalue weighted by Gasteiger charge is 2.09. The van der Waals surface area contributed by atoms with Crippen LogP contribution in [0.5, 0.6) is 5.75 Å². The first-order valence-corrected chi connectivity index (χ1v) is 8.32. The highest BCUT2D eigenvalue weighted by Crippen LogP contribution is 2.28. The number of hydrogen-bond donors (Lipinski definition) is 1. The number of H-pyrrole nitrogens is 1. The van der Waals surface area contributed by atoms with Gasteiger partial charge in [0.15, 0.2) is 0 Å². The third-order valence-corrected chi connectivity index (χ3v) is 4.46. The number of hydrogen-bond acceptors (Lipinski definition) is 2. The molecule has 0 aliphatic carbocycles. The van der Waals surface area contributed by atoms with Crippen molar-refractivity contribution in [1.29, 1.82) is 0 Å². The number of aromatic nitrogens is 2. The van der Waals surface area contributed by atoms with E-state index in [2.05, 4.69) is 11.7 Å². The van der Waals surface area contributed by atoms with Gasteiger partial charge in [-0.3, -0.25) is 9.89 Å². The lowest BCUT2D eigenvalue weighted by atomic mass is 10.0. The van der Waals surface area contributed by atoms with E-state index in [9.17, 15) is 4.79 Å². The quantitative estimate of drug-likeness (QED) is 0.622. The van der Waals surface area contributed by atoms with Crippen LogP contribution in [0.2, 0.25) is 0 Å². The van der Waals surface area contributed by atoms with Crippen LogP contribution in [0.15, 0.2) is 71.5 Å². The van der Waals surface area contributed by atoms with Gasteiger partial charge in [-0.05, 0) is 35.0 Å². The van der Waals surface area contributed by atoms with Crippen molar-refractivity contribution in [2.24, 2.45) is 0 Å². The molecule has 0 aliphatic heterocycles. The van der Waals surface area contributed by atoms with Gasteiger partial charge in [-0.25, -0.2) is 4.68 Å². The summed E-state index contributed by atoms with van der Waals surface area (Å²) >= 11 is 0. The Morgan fingerprint density at radius 3 is 2.50 bits per heavy atom. The topological polar surface area (TPSA) is 47.0 Å². The molecule has 0 atom stereocenters. The molecular formula is C22H18N2O2. The number of rotatable bonds is 3. The number of fused-ring (bicyclic) bond motifs is 1. The second kappa shape index (κ2) is 6.41. The summed E-state index contributed by atoms with van der Waals surface area (Å²) < 4.78 is 7.03. The van der Waals surface area contributed by atoms with Gasteiger partial charge in [-0.2, -0.15) is 0 Å². The second-order valence-electron chi connectivity index (χ2n) is 6.03. The van der Waals surface area contributed by atoms with Gasteiger partial charge in [-0.15, -0.1) is 0 Å². The van der Waals surface area contributed by atoms with Crippen molar-refractivity contribution in [1.82, 2.24) is 9.78 Å². The Morgan fingerprint density at radius 2 is 1.73 bits per heavy atom. The van der Waals surface area contributed by atoms with Crippen molar-refractivity contribution in [3.63, 3.8) is 0 Å². The number of benzene rings is 3. The molecule has 26 heavy (non-hydrogen) atoms. The maximum absolute atomic E-state index is 12.9. The Hall–Kier alpha value is -3.53. The average Bonchev–Trinajstić information content (AvgIpc) is 2.97. The fraction of sp³-hybridized carbons (Fsp3) is 0.0455. The van der Waals surface area contributed by atoms with Crippen LogP contribution in [0.1, 0.15) is 5.56 Å². The zero-order chi connectivity index (χ0) is 18.1. The van der Waals surface area contributed by atoms with Crippen molar-refractivity contribution in [3.05, 3.63) is 93.2 Å². The maximum Gasteiger partial charge on any atom is 0.279 e. The Bertz CT molecular complexity index is 1250. The summed E-state index contributed by atoms with van der Waals surface area (Å²) in [6.07, 6.45) is 1.85. The number of ether oxygens (including phenoxy) is 1. The Labute approximate surface area is 150 Å². The molecule has 0 bridgehead atoms. The number of aromatic amines is 1.